The van der Waals surface area contributed by atoms with Crippen molar-refractivity contribution in [3.05, 3.63) is 51.6 Å². The van der Waals surface area contributed by atoms with Crippen molar-refractivity contribution in [3.8, 4) is 0 Å². The van der Waals surface area contributed by atoms with Gasteiger partial charge in [0.15, 0.2) is 11.9 Å². The molecular weight excluding hydrogens is 441 g/mol. The molecule has 0 fully saturated rings. The smallest absolute Gasteiger partial charge is 0.321 e. The van der Waals surface area contributed by atoms with E-state index in [-0.39, 0.29) is 15.7 Å². The molecule has 29 heavy (non-hydrogen) atoms. The number of nitrogens with zero attached hydrogens (tertiary/aromatic N) is 1. The molecule has 156 valence electrons. The number of pyridine rings is 1. The van der Waals surface area contributed by atoms with E-state index < -0.39 is 34.5 Å². The zero-order chi connectivity index (χ0) is 21.8. The van der Waals surface area contributed by atoms with Crippen molar-refractivity contribution >= 4 is 50.9 Å². The summed E-state index contributed by atoms with van der Waals surface area (Å²) >= 11 is 11.6. The van der Waals surface area contributed by atoms with E-state index in [9.17, 15) is 18.0 Å². The quantitative estimate of drug-likeness (QED) is 0.615. The molecule has 0 spiro atoms. The molecule has 2 N–H and O–H groups in total. The Morgan fingerprint density at radius 1 is 1.17 bits per heavy atom. The van der Waals surface area contributed by atoms with Gasteiger partial charge in [-0.25, -0.2) is 13.4 Å². The number of esters is 1. The van der Waals surface area contributed by atoms with Crippen LogP contribution in [-0.4, -0.2) is 37.9 Å². The first kappa shape index (κ1) is 23.1. The second-order valence-corrected chi connectivity index (χ2v) is 8.79. The molecule has 0 bridgehead atoms. The lowest BCUT2D eigenvalue weighted by molar-refractivity contribution is -0.151. The van der Waals surface area contributed by atoms with Gasteiger partial charge in [-0.2, -0.15) is 4.72 Å². The highest BCUT2D eigenvalue weighted by Crippen LogP contribution is 2.22. The molecule has 11 heteroatoms. The van der Waals surface area contributed by atoms with Crippen molar-refractivity contribution in [1.82, 2.24) is 9.71 Å². The van der Waals surface area contributed by atoms with E-state index in [0.717, 1.165) is 11.1 Å². The summed E-state index contributed by atoms with van der Waals surface area (Å²) in [6.45, 7) is 4.34. The predicted octanol–water partition coefficient (Wildman–Crippen LogP) is 2.85. The van der Waals surface area contributed by atoms with Crippen LogP contribution in [0.3, 0.4) is 0 Å². The highest BCUT2D eigenvalue weighted by atomic mass is 35.5. The van der Waals surface area contributed by atoms with E-state index in [1.807, 2.05) is 6.92 Å². The van der Waals surface area contributed by atoms with Gasteiger partial charge in [0.2, 0.25) is 10.0 Å². The molecule has 1 heterocycles. The number of aryl methyl sites for hydroxylation is 2. The van der Waals surface area contributed by atoms with Crippen LogP contribution >= 0.6 is 23.2 Å². The van der Waals surface area contributed by atoms with Gasteiger partial charge in [0.05, 0.1) is 14.9 Å². The fraction of sp³-hybridized carbons (Fsp3) is 0.278. The largest absolute Gasteiger partial charge is 0.452 e. The molecule has 0 aliphatic rings. The van der Waals surface area contributed by atoms with Crippen LogP contribution in [0.25, 0.3) is 0 Å². The van der Waals surface area contributed by atoms with Crippen LogP contribution in [-0.2, 0) is 24.3 Å². The topological polar surface area (TPSA) is 114 Å². The van der Waals surface area contributed by atoms with Gasteiger partial charge in [0.25, 0.3) is 5.91 Å². The summed E-state index contributed by atoms with van der Waals surface area (Å²) < 4.78 is 31.7. The maximum absolute atomic E-state index is 12.3. The van der Waals surface area contributed by atoms with Crippen LogP contribution in [0.4, 0.5) is 5.82 Å². The summed E-state index contributed by atoms with van der Waals surface area (Å²) in [6, 6.07) is 6.01. The Morgan fingerprint density at radius 2 is 1.86 bits per heavy atom. The van der Waals surface area contributed by atoms with E-state index in [4.69, 9.17) is 27.9 Å². The van der Waals surface area contributed by atoms with Crippen LogP contribution < -0.4 is 10.0 Å². The highest BCUT2D eigenvalue weighted by Gasteiger charge is 2.22. The molecule has 1 aromatic heterocycles. The van der Waals surface area contributed by atoms with Gasteiger partial charge in [-0.3, -0.25) is 9.59 Å². The minimum absolute atomic E-state index is 0.0302. The minimum atomic E-state index is -3.90. The Hall–Kier alpha value is -2.20. The maximum atomic E-state index is 12.3. The fourth-order valence-electron chi connectivity index (χ4n) is 2.14. The number of carbonyl (C=O) groups is 2. The predicted molar refractivity (Wildman–Crippen MR) is 110 cm³/mol. The standard InChI is InChI=1S/C18H19Cl2N3O5S/c1-10-4-5-14(6-11(10)2)29(26,27)22-9-16(24)28-12(3)18(25)23-17-15(20)7-13(19)8-21-17/h4-8,12,22H,9H2,1-3H3,(H,21,23,25). The summed E-state index contributed by atoms with van der Waals surface area (Å²) in [5.41, 5.74) is 1.74. The number of ether oxygens (including phenoxy) is 1. The monoisotopic (exact) mass is 459 g/mol. The van der Waals surface area contributed by atoms with E-state index in [1.54, 1.807) is 13.0 Å². The van der Waals surface area contributed by atoms with Gasteiger partial charge in [0, 0.05) is 6.20 Å². The van der Waals surface area contributed by atoms with Crippen LogP contribution in [0.1, 0.15) is 18.1 Å². The summed E-state index contributed by atoms with van der Waals surface area (Å²) in [5, 5.41) is 2.81. The van der Waals surface area contributed by atoms with E-state index in [2.05, 4.69) is 15.0 Å². The number of nitrogens with one attached hydrogen (secondary N) is 2. The zero-order valence-electron chi connectivity index (χ0n) is 15.8. The average molecular weight is 460 g/mol. The number of hydrogen-bond acceptors (Lipinski definition) is 6. The summed E-state index contributed by atoms with van der Waals surface area (Å²) in [6.07, 6.45) is 0.0866. The molecule has 1 atom stereocenters. The van der Waals surface area contributed by atoms with Crippen LogP contribution in [0.5, 0.6) is 0 Å². The van der Waals surface area contributed by atoms with Gasteiger partial charge in [-0.1, -0.05) is 29.3 Å². The van der Waals surface area contributed by atoms with Gasteiger partial charge in [-0.15, -0.1) is 0 Å². The lowest BCUT2D eigenvalue weighted by atomic mass is 10.1. The van der Waals surface area contributed by atoms with Crippen molar-refractivity contribution in [3.63, 3.8) is 0 Å². The number of hydrogen-bond donors (Lipinski definition) is 2. The Labute approximate surface area is 178 Å². The van der Waals surface area contributed by atoms with Crippen molar-refractivity contribution in [2.75, 3.05) is 11.9 Å². The van der Waals surface area contributed by atoms with Crippen LogP contribution in [0, 0.1) is 13.8 Å². The van der Waals surface area contributed by atoms with Crippen molar-refractivity contribution in [2.45, 2.75) is 31.8 Å². The van der Waals surface area contributed by atoms with Crippen LogP contribution in [0.2, 0.25) is 10.0 Å². The number of amides is 1. The lowest BCUT2D eigenvalue weighted by Gasteiger charge is -2.14. The summed E-state index contributed by atoms with van der Waals surface area (Å²) in [5.74, 6) is -1.55. The third-order valence-electron chi connectivity index (χ3n) is 3.92. The first-order chi connectivity index (χ1) is 13.5. The van der Waals surface area contributed by atoms with E-state index >= 15 is 0 Å². The van der Waals surface area contributed by atoms with Crippen LogP contribution in [0.15, 0.2) is 35.4 Å². The molecule has 0 aliphatic carbocycles. The number of sulfonamides is 1. The highest BCUT2D eigenvalue weighted by molar-refractivity contribution is 7.89. The second kappa shape index (κ2) is 9.53. The zero-order valence-corrected chi connectivity index (χ0v) is 18.2. The number of carbonyl (C=O) groups excluding carboxylic acids is 2. The molecule has 1 unspecified atom stereocenters. The molecule has 0 radical (unpaired) electrons. The van der Waals surface area contributed by atoms with Crippen molar-refractivity contribution < 1.29 is 22.7 Å². The average Bonchev–Trinajstić information content (AvgIpc) is 2.64. The van der Waals surface area contributed by atoms with Gasteiger partial charge < -0.3 is 10.1 Å². The molecule has 0 saturated heterocycles. The Bertz CT molecular complexity index is 1040. The third-order valence-corrected chi connectivity index (χ3v) is 5.82. The molecule has 1 aromatic carbocycles. The normalized spacial score (nSPS) is 12.3. The van der Waals surface area contributed by atoms with Gasteiger partial charge in [0.1, 0.15) is 6.54 Å². The molecule has 2 rings (SSSR count). The summed E-state index contributed by atoms with van der Waals surface area (Å²) in [7, 11) is -3.90. The van der Waals surface area contributed by atoms with E-state index in [1.165, 1.54) is 31.3 Å². The molecule has 1 amide bonds. The number of halogens is 2. The Kier molecular flexibility index (Phi) is 7.59. The molecular formula is C18H19Cl2N3O5S. The first-order valence-corrected chi connectivity index (χ1v) is 10.6. The maximum Gasteiger partial charge on any atom is 0.321 e. The van der Waals surface area contributed by atoms with E-state index in [0.29, 0.717) is 5.02 Å². The first-order valence-electron chi connectivity index (χ1n) is 8.38. The number of anilines is 1. The minimum Gasteiger partial charge on any atom is -0.452 e. The molecule has 2 aromatic rings. The van der Waals surface area contributed by atoms with Crippen molar-refractivity contribution in [2.24, 2.45) is 0 Å². The molecule has 8 nitrogen and oxygen atoms in total. The van der Waals surface area contributed by atoms with Gasteiger partial charge in [-0.05, 0) is 50.1 Å². The summed E-state index contributed by atoms with van der Waals surface area (Å²) in [4.78, 5) is 27.9. The lowest BCUT2D eigenvalue weighted by Crippen LogP contribution is -2.36. The van der Waals surface area contributed by atoms with Gasteiger partial charge >= 0.3 is 5.97 Å². The number of benzene rings is 1. The Balaban J connectivity index is 1.92. The number of rotatable bonds is 7. The molecule has 0 saturated carbocycles. The Morgan fingerprint density at radius 3 is 2.48 bits per heavy atom. The number of aromatic nitrogens is 1. The fourth-order valence-corrected chi connectivity index (χ4v) is 3.62. The van der Waals surface area contributed by atoms with Crippen molar-refractivity contribution in [1.29, 1.82) is 0 Å². The third kappa shape index (κ3) is 6.40. The second-order valence-electron chi connectivity index (χ2n) is 6.18. The molecule has 0 aliphatic heterocycles. The SMILES string of the molecule is Cc1ccc(S(=O)(=O)NCC(=O)OC(C)C(=O)Nc2ncc(Cl)cc2Cl)cc1C.